The van der Waals surface area contributed by atoms with Crippen LogP contribution in [0.2, 0.25) is 0 Å². The maximum Gasteiger partial charge on any atom is 0.326 e. The van der Waals surface area contributed by atoms with Crippen LogP contribution in [0.3, 0.4) is 0 Å². The molecular weight excluding hydrogens is 294 g/mol. The Hall–Kier alpha value is -1.59. The fourth-order valence-electron chi connectivity index (χ4n) is 1.63. The Kier molecular flexibility index (Phi) is 7.24. The van der Waals surface area contributed by atoms with Crippen molar-refractivity contribution in [2.75, 3.05) is 13.5 Å². The number of rotatable bonds is 9. The second-order valence-electron chi connectivity index (χ2n) is 6.53. The Morgan fingerprint density at radius 1 is 1.30 bits per heavy atom. The average molecular weight is 330 g/mol. The van der Waals surface area contributed by atoms with E-state index in [0.717, 1.165) is 19.3 Å². The number of likely N-dealkylation sites (N-methyl/N-ethyl adjacent to an activating group) is 1. The van der Waals surface area contributed by atoms with Gasteiger partial charge < -0.3 is 9.64 Å². The average Bonchev–Trinajstić information content (AvgIpc) is 2.47. The van der Waals surface area contributed by atoms with E-state index in [1.165, 1.54) is 0 Å². The molecule has 0 aromatic heterocycles. The van der Waals surface area contributed by atoms with E-state index < -0.39 is 37.0 Å². The molecule has 0 rings (SSSR count). The van der Waals surface area contributed by atoms with Gasteiger partial charge in [0.2, 0.25) is 5.91 Å². The molecule has 0 aliphatic heterocycles. The van der Waals surface area contributed by atoms with Crippen LogP contribution < -0.4 is 5.32 Å². The molecule has 0 fully saturated rings. The summed E-state index contributed by atoms with van der Waals surface area (Å²) in [5, 5.41) is 10.1. The molecule has 134 valence electrons. The molecule has 0 spiro atoms. The van der Waals surface area contributed by atoms with Crippen molar-refractivity contribution in [2.45, 2.75) is 72.3 Å². The van der Waals surface area contributed by atoms with Crippen LogP contribution in [-0.2, 0) is 14.3 Å². The predicted molar refractivity (Wildman–Crippen MR) is 92.3 cm³/mol. The Labute approximate surface area is 144 Å². The normalized spacial score (nSPS) is 13.7. The maximum atomic E-state index is 12.1. The van der Waals surface area contributed by atoms with Crippen LogP contribution in [0.1, 0.15) is 70.8 Å². The smallest absolute Gasteiger partial charge is 0.326 e. The SMILES string of the molecule is [2H]C([2H])([2H])N(CC(=O)OC(C)(C)C(C)C)C(=N)NC(=O)CCCCCC. The zero-order chi connectivity index (χ0) is 20.5. The Balaban J connectivity index is 4.82. The molecule has 23 heavy (non-hydrogen) atoms. The van der Waals surface area contributed by atoms with Crippen molar-refractivity contribution < 1.29 is 18.4 Å². The van der Waals surface area contributed by atoms with Gasteiger partial charge in [-0.25, -0.2) is 0 Å². The van der Waals surface area contributed by atoms with Gasteiger partial charge in [0.1, 0.15) is 12.1 Å². The quantitative estimate of drug-likeness (QED) is 0.295. The first-order chi connectivity index (χ1) is 11.8. The van der Waals surface area contributed by atoms with Crippen LogP contribution >= 0.6 is 0 Å². The third kappa shape index (κ3) is 9.21. The predicted octanol–water partition coefficient (Wildman–Crippen LogP) is 2.92. The summed E-state index contributed by atoms with van der Waals surface area (Å²) in [5.74, 6) is -1.78. The summed E-state index contributed by atoms with van der Waals surface area (Å²) in [4.78, 5) is 24.6. The lowest BCUT2D eigenvalue weighted by molar-refractivity contribution is -0.160. The molecule has 0 aromatic carbocycles. The van der Waals surface area contributed by atoms with Crippen molar-refractivity contribution in [1.29, 1.82) is 5.41 Å². The van der Waals surface area contributed by atoms with Gasteiger partial charge in [-0.15, -0.1) is 0 Å². The summed E-state index contributed by atoms with van der Waals surface area (Å²) in [5.41, 5.74) is -0.762. The first-order valence-electron chi connectivity index (χ1n) is 9.69. The zero-order valence-corrected chi connectivity index (χ0v) is 15.0. The van der Waals surface area contributed by atoms with E-state index in [2.05, 4.69) is 12.2 Å². The maximum absolute atomic E-state index is 12.1. The first-order valence-corrected chi connectivity index (χ1v) is 8.19. The van der Waals surface area contributed by atoms with E-state index in [9.17, 15) is 9.59 Å². The molecule has 0 saturated heterocycles. The van der Waals surface area contributed by atoms with Crippen LogP contribution in [0.25, 0.3) is 0 Å². The summed E-state index contributed by atoms with van der Waals surface area (Å²) in [6.45, 7) is 5.92. The highest BCUT2D eigenvalue weighted by molar-refractivity contribution is 5.96. The lowest BCUT2D eigenvalue weighted by Gasteiger charge is -2.30. The summed E-state index contributed by atoms with van der Waals surface area (Å²) in [7, 11) is 0. The molecule has 0 aliphatic rings. The molecule has 0 saturated carbocycles. The highest BCUT2D eigenvalue weighted by atomic mass is 16.6. The van der Waals surface area contributed by atoms with Crippen LogP contribution in [0.4, 0.5) is 0 Å². The van der Waals surface area contributed by atoms with Gasteiger partial charge in [-0.1, -0.05) is 40.0 Å². The summed E-state index contributed by atoms with van der Waals surface area (Å²) in [6.07, 6.45) is 3.84. The van der Waals surface area contributed by atoms with Gasteiger partial charge in [0.25, 0.3) is 0 Å². The monoisotopic (exact) mass is 330 g/mol. The zero-order valence-electron chi connectivity index (χ0n) is 18.0. The summed E-state index contributed by atoms with van der Waals surface area (Å²) in [6, 6.07) is 0. The Bertz CT molecular complexity index is 491. The van der Waals surface area contributed by atoms with Gasteiger partial charge in [0, 0.05) is 17.5 Å². The van der Waals surface area contributed by atoms with E-state index in [-0.39, 0.29) is 12.3 Å². The first kappa shape index (κ1) is 16.3. The van der Waals surface area contributed by atoms with Gasteiger partial charge in [0.15, 0.2) is 5.96 Å². The van der Waals surface area contributed by atoms with E-state index >= 15 is 0 Å². The number of unbranched alkanes of at least 4 members (excludes halogenated alkanes) is 3. The lowest BCUT2D eigenvalue weighted by atomic mass is 9.95. The highest BCUT2D eigenvalue weighted by Crippen LogP contribution is 2.20. The molecule has 0 aromatic rings. The molecular formula is C17H33N3O3. The van der Waals surface area contributed by atoms with Crippen molar-refractivity contribution in [3.05, 3.63) is 0 Å². The number of ether oxygens (including phenoxy) is 1. The fourth-order valence-corrected chi connectivity index (χ4v) is 1.63. The Morgan fingerprint density at radius 3 is 2.48 bits per heavy atom. The van der Waals surface area contributed by atoms with Gasteiger partial charge >= 0.3 is 5.97 Å². The van der Waals surface area contributed by atoms with Crippen molar-refractivity contribution in [3.8, 4) is 0 Å². The van der Waals surface area contributed by atoms with Crippen molar-refractivity contribution in [1.82, 2.24) is 10.2 Å². The van der Waals surface area contributed by atoms with E-state index in [1.807, 2.05) is 13.8 Å². The minimum absolute atomic E-state index is 0.0370. The summed E-state index contributed by atoms with van der Waals surface area (Å²) < 4.78 is 27.9. The van der Waals surface area contributed by atoms with Crippen LogP contribution in [0, 0.1) is 11.3 Å². The van der Waals surface area contributed by atoms with Gasteiger partial charge in [-0.2, -0.15) is 0 Å². The van der Waals surface area contributed by atoms with Crippen LogP contribution in [0.15, 0.2) is 0 Å². The summed E-state index contributed by atoms with van der Waals surface area (Å²) >= 11 is 0. The number of hydrogen-bond donors (Lipinski definition) is 2. The van der Waals surface area contributed by atoms with Crippen LogP contribution in [-0.4, -0.2) is 41.9 Å². The standard InChI is InChI=1S/C17H33N3O3/c1-7-8-9-10-11-14(21)19-16(18)20(6)12-15(22)23-17(4,5)13(2)3/h13H,7-12H2,1-6H3,(H2,18,19,21)/i6D3. The van der Waals surface area contributed by atoms with Crippen molar-refractivity contribution in [3.63, 3.8) is 0 Å². The van der Waals surface area contributed by atoms with Gasteiger partial charge in [-0.3, -0.25) is 20.3 Å². The Morgan fingerprint density at radius 2 is 1.96 bits per heavy atom. The number of nitrogens with one attached hydrogen (secondary N) is 2. The molecule has 0 heterocycles. The lowest BCUT2D eigenvalue weighted by Crippen LogP contribution is -2.45. The molecule has 6 nitrogen and oxygen atoms in total. The minimum atomic E-state index is -2.74. The number of hydrogen-bond acceptors (Lipinski definition) is 4. The number of carbonyl (C=O) groups excluding carboxylic acids is 2. The molecule has 2 N–H and O–H groups in total. The minimum Gasteiger partial charge on any atom is -0.458 e. The van der Waals surface area contributed by atoms with Crippen molar-refractivity contribution >= 4 is 17.8 Å². The van der Waals surface area contributed by atoms with Gasteiger partial charge in [0.05, 0.1) is 0 Å². The molecule has 0 atom stereocenters. The molecule has 0 bridgehead atoms. The fraction of sp³-hybridized carbons (Fsp3) is 0.824. The molecule has 0 aliphatic carbocycles. The highest BCUT2D eigenvalue weighted by Gasteiger charge is 2.27. The molecule has 6 heteroatoms. The second-order valence-corrected chi connectivity index (χ2v) is 6.53. The molecule has 1 amide bonds. The second kappa shape index (κ2) is 10.2. The van der Waals surface area contributed by atoms with Crippen LogP contribution in [0.5, 0.6) is 0 Å². The number of amides is 1. The van der Waals surface area contributed by atoms with E-state index in [4.69, 9.17) is 14.3 Å². The molecule has 0 radical (unpaired) electrons. The van der Waals surface area contributed by atoms with Crippen molar-refractivity contribution in [2.24, 2.45) is 5.92 Å². The molecule has 0 unspecified atom stereocenters. The number of carbonyl (C=O) groups is 2. The van der Waals surface area contributed by atoms with E-state index in [1.54, 1.807) is 13.8 Å². The number of nitrogens with zero attached hydrogens (tertiary/aromatic N) is 1. The van der Waals surface area contributed by atoms with E-state index in [0.29, 0.717) is 11.3 Å². The largest absolute Gasteiger partial charge is 0.458 e. The van der Waals surface area contributed by atoms with Gasteiger partial charge in [-0.05, 0) is 26.2 Å². The third-order valence-corrected chi connectivity index (χ3v) is 3.84. The number of guanidine groups is 1. The number of esters is 1. The third-order valence-electron chi connectivity index (χ3n) is 3.84. The topological polar surface area (TPSA) is 82.5 Å².